The number of imide groups is 1. The average Bonchev–Trinajstić information content (AvgIpc) is 2.84. The van der Waals surface area contributed by atoms with Gasteiger partial charge in [0.05, 0.1) is 6.54 Å². The van der Waals surface area contributed by atoms with Gasteiger partial charge < -0.3 is 25.4 Å². The van der Waals surface area contributed by atoms with Crippen molar-refractivity contribution in [3.05, 3.63) is 0 Å². The minimum atomic E-state index is -2.01. The molecular formula is C14H23ClFN3O8. The van der Waals surface area contributed by atoms with Gasteiger partial charge in [-0.1, -0.05) is 13.8 Å². The van der Waals surface area contributed by atoms with Gasteiger partial charge in [-0.25, -0.2) is 14.0 Å². The number of urea groups is 1. The molecule has 0 bridgehead atoms. The van der Waals surface area contributed by atoms with Gasteiger partial charge in [-0.05, 0) is 5.92 Å². The van der Waals surface area contributed by atoms with E-state index >= 15 is 0 Å². The number of esters is 1. The Labute approximate surface area is 160 Å². The molecular weight excluding hydrogens is 393 g/mol. The lowest BCUT2D eigenvalue weighted by Crippen LogP contribution is -2.57. The molecule has 6 unspecified atom stereocenters. The van der Waals surface area contributed by atoms with Crippen LogP contribution in [0.4, 0.5) is 9.18 Å². The second-order valence-corrected chi connectivity index (χ2v) is 6.35. The Morgan fingerprint density at radius 3 is 2.63 bits per heavy atom. The third-order valence-electron chi connectivity index (χ3n) is 4.00. The van der Waals surface area contributed by atoms with E-state index in [1.54, 1.807) is 19.2 Å². The van der Waals surface area contributed by atoms with Gasteiger partial charge in [-0.3, -0.25) is 14.9 Å². The van der Waals surface area contributed by atoms with Crippen LogP contribution in [0.1, 0.15) is 13.8 Å². The zero-order valence-corrected chi connectivity index (χ0v) is 15.4. The van der Waals surface area contributed by atoms with Crippen molar-refractivity contribution in [1.29, 1.82) is 0 Å². The lowest BCUT2D eigenvalue weighted by atomic mass is 10.1. The van der Waals surface area contributed by atoms with Gasteiger partial charge in [-0.15, -0.1) is 12.4 Å². The second kappa shape index (κ2) is 9.57. The van der Waals surface area contributed by atoms with Gasteiger partial charge in [0, 0.05) is 0 Å². The first-order valence-electron chi connectivity index (χ1n) is 7.98. The van der Waals surface area contributed by atoms with Crippen molar-refractivity contribution in [2.24, 2.45) is 11.7 Å². The van der Waals surface area contributed by atoms with Crippen LogP contribution in [0.25, 0.3) is 0 Å². The number of aliphatic hydroxyl groups excluding tert-OH is 2. The van der Waals surface area contributed by atoms with Crippen LogP contribution in [0, 0.1) is 5.92 Å². The quantitative estimate of drug-likeness (QED) is 0.367. The minimum absolute atomic E-state index is 0. The van der Waals surface area contributed by atoms with E-state index in [0.717, 1.165) is 0 Å². The third kappa shape index (κ3) is 5.46. The number of hydrogen-bond acceptors (Lipinski definition) is 9. The molecule has 2 aliphatic heterocycles. The topological polar surface area (TPSA) is 161 Å². The van der Waals surface area contributed by atoms with E-state index in [1.807, 2.05) is 0 Å². The van der Waals surface area contributed by atoms with Gasteiger partial charge >= 0.3 is 12.0 Å². The Bertz CT molecular complexity index is 568. The average molecular weight is 416 g/mol. The van der Waals surface area contributed by atoms with E-state index in [9.17, 15) is 29.0 Å². The van der Waals surface area contributed by atoms with Crippen LogP contribution in [0.3, 0.4) is 0 Å². The van der Waals surface area contributed by atoms with Gasteiger partial charge in [0.15, 0.2) is 6.17 Å². The number of carbonyl (C=O) groups is 3. The van der Waals surface area contributed by atoms with Crippen molar-refractivity contribution < 1.29 is 43.3 Å². The van der Waals surface area contributed by atoms with E-state index in [0.29, 0.717) is 5.06 Å². The SMILES string of the molecule is CC(C)C(N)C(=O)OCC1OC(ON2CC(F)C(=O)NC2=O)C(O)C1O.Cl. The number of carbonyl (C=O) groups excluding carboxylic acids is 3. The van der Waals surface area contributed by atoms with Gasteiger partial charge in [-0.2, -0.15) is 5.06 Å². The molecule has 2 heterocycles. The first kappa shape index (κ1) is 23.5. The second-order valence-electron chi connectivity index (χ2n) is 6.35. The number of nitrogens with zero attached hydrogens (tertiary/aromatic N) is 1. The van der Waals surface area contributed by atoms with E-state index in [2.05, 4.69) is 0 Å². The van der Waals surface area contributed by atoms with Crippen LogP contribution in [0.15, 0.2) is 0 Å². The zero-order chi connectivity index (χ0) is 19.6. The highest BCUT2D eigenvalue weighted by molar-refractivity contribution is 5.98. The van der Waals surface area contributed by atoms with Crippen LogP contribution in [0.2, 0.25) is 0 Å². The molecule has 11 nitrogen and oxygen atoms in total. The van der Waals surface area contributed by atoms with Crippen molar-refractivity contribution in [2.75, 3.05) is 13.2 Å². The van der Waals surface area contributed by atoms with Gasteiger partial charge in [0.1, 0.15) is 31.0 Å². The standard InChI is InChI=1S/C14H22FN3O8.ClH/c1-5(2)8(16)12(22)24-4-7-9(19)10(20)13(25-7)26-18-3-6(15)11(21)17-14(18)23;/h5-10,13,19-20H,3-4,16H2,1-2H3,(H,17,21,23);1H. The third-order valence-corrected chi connectivity index (χ3v) is 4.00. The number of nitrogens with one attached hydrogen (secondary N) is 1. The molecule has 5 N–H and O–H groups in total. The fourth-order valence-electron chi connectivity index (χ4n) is 2.25. The molecule has 2 rings (SSSR count). The van der Waals surface area contributed by atoms with Crippen molar-refractivity contribution >= 4 is 30.3 Å². The molecule has 0 saturated carbocycles. The van der Waals surface area contributed by atoms with Crippen molar-refractivity contribution in [3.63, 3.8) is 0 Å². The summed E-state index contributed by atoms with van der Waals surface area (Å²) < 4.78 is 23.5. The molecule has 2 fully saturated rings. The Balaban J connectivity index is 0.00000364. The number of hydrogen-bond donors (Lipinski definition) is 4. The molecule has 6 atom stereocenters. The monoisotopic (exact) mass is 415 g/mol. The van der Waals surface area contributed by atoms with E-state index < -0.39 is 67.9 Å². The van der Waals surface area contributed by atoms with Crippen LogP contribution in [-0.4, -0.2) is 83.2 Å². The molecule has 0 spiro atoms. The number of nitrogens with two attached hydrogens (primary N) is 1. The molecule has 2 saturated heterocycles. The number of hydroxylamine groups is 2. The molecule has 13 heteroatoms. The Kier molecular flexibility index (Phi) is 8.32. The predicted octanol–water partition coefficient (Wildman–Crippen LogP) is -1.80. The van der Waals surface area contributed by atoms with Gasteiger partial charge in [0.2, 0.25) is 6.29 Å². The first-order valence-corrected chi connectivity index (χ1v) is 7.98. The van der Waals surface area contributed by atoms with E-state index in [4.69, 9.17) is 20.0 Å². The Morgan fingerprint density at radius 2 is 2.04 bits per heavy atom. The fourth-order valence-corrected chi connectivity index (χ4v) is 2.25. The first-order chi connectivity index (χ1) is 12.1. The fraction of sp³-hybridized carbons (Fsp3) is 0.786. The summed E-state index contributed by atoms with van der Waals surface area (Å²) in [6.07, 6.45) is -7.77. The molecule has 0 aromatic heterocycles. The Hall–Kier alpha value is -1.57. The van der Waals surface area contributed by atoms with Crippen LogP contribution < -0.4 is 11.1 Å². The number of halogens is 2. The molecule has 0 aromatic carbocycles. The summed E-state index contributed by atoms with van der Waals surface area (Å²) in [4.78, 5) is 39.4. The molecule has 2 aliphatic rings. The summed E-state index contributed by atoms with van der Waals surface area (Å²) in [6.45, 7) is 2.35. The van der Waals surface area contributed by atoms with Crippen LogP contribution in [0.5, 0.6) is 0 Å². The maximum atomic E-state index is 13.4. The number of aliphatic hydroxyl groups is 2. The summed E-state index contributed by atoms with van der Waals surface area (Å²) in [5.41, 5.74) is 5.63. The predicted molar refractivity (Wildman–Crippen MR) is 87.9 cm³/mol. The highest BCUT2D eigenvalue weighted by atomic mass is 35.5. The summed E-state index contributed by atoms with van der Waals surface area (Å²) in [5, 5.41) is 22.1. The number of alkyl halides is 1. The lowest BCUT2D eigenvalue weighted by Gasteiger charge is -2.30. The number of rotatable bonds is 6. The normalized spacial score (nSPS) is 32.1. The van der Waals surface area contributed by atoms with Crippen LogP contribution >= 0.6 is 12.4 Å². The Morgan fingerprint density at radius 1 is 1.41 bits per heavy atom. The van der Waals surface area contributed by atoms with E-state index in [1.165, 1.54) is 0 Å². The summed E-state index contributed by atoms with van der Waals surface area (Å²) in [5.74, 6) is -1.97. The molecule has 0 aromatic rings. The molecule has 27 heavy (non-hydrogen) atoms. The minimum Gasteiger partial charge on any atom is -0.462 e. The van der Waals surface area contributed by atoms with E-state index in [-0.39, 0.29) is 18.3 Å². The zero-order valence-electron chi connectivity index (χ0n) is 14.6. The number of amides is 3. The van der Waals surface area contributed by atoms with Gasteiger partial charge in [0.25, 0.3) is 5.91 Å². The lowest BCUT2D eigenvalue weighted by molar-refractivity contribution is -0.274. The maximum Gasteiger partial charge on any atom is 0.348 e. The largest absolute Gasteiger partial charge is 0.462 e. The maximum absolute atomic E-state index is 13.4. The molecule has 3 amide bonds. The van der Waals surface area contributed by atoms with Crippen molar-refractivity contribution in [3.8, 4) is 0 Å². The molecule has 0 aliphatic carbocycles. The summed E-state index contributed by atoms with van der Waals surface area (Å²) in [6, 6.07) is -1.89. The highest BCUT2D eigenvalue weighted by Gasteiger charge is 2.47. The van der Waals surface area contributed by atoms with Crippen molar-refractivity contribution in [2.45, 2.75) is 50.7 Å². The van der Waals surface area contributed by atoms with Crippen LogP contribution in [-0.2, 0) is 23.9 Å². The van der Waals surface area contributed by atoms with Crippen molar-refractivity contribution in [1.82, 2.24) is 10.4 Å². The highest BCUT2D eigenvalue weighted by Crippen LogP contribution is 2.24. The smallest absolute Gasteiger partial charge is 0.348 e. The molecule has 156 valence electrons. The summed E-state index contributed by atoms with van der Waals surface area (Å²) >= 11 is 0. The number of ether oxygens (including phenoxy) is 2. The molecule has 0 radical (unpaired) electrons. The summed E-state index contributed by atoms with van der Waals surface area (Å²) in [7, 11) is 0.